The number of fused-ring (bicyclic) bond motifs is 1. The Labute approximate surface area is 132 Å². The van der Waals surface area contributed by atoms with Crippen molar-refractivity contribution in [3.63, 3.8) is 0 Å². The molecule has 0 saturated carbocycles. The average Bonchev–Trinajstić information content (AvgIpc) is 2.98. The molecule has 4 N–H and O–H groups in total. The minimum atomic E-state index is -0.853. The van der Waals surface area contributed by atoms with Gasteiger partial charge in [-0.25, -0.2) is 15.0 Å². The van der Waals surface area contributed by atoms with E-state index in [1.54, 1.807) is 4.57 Å². The smallest absolute Gasteiger partial charge is 0.167 e. The van der Waals surface area contributed by atoms with E-state index in [1.165, 1.54) is 12.7 Å². The Morgan fingerprint density at radius 1 is 1.48 bits per heavy atom. The number of hydrogen-bond acceptors (Lipinski definition) is 8. The van der Waals surface area contributed by atoms with Crippen LogP contribution in [0.1, 0.15) is 12.6 Å². The Balaban J connectivity index is 1.98. The number of nitrogens with two attached hydrogens (primary N) is 1. The van der Waals surface area contributed by atoms with Crippen LogP contribution in [0.5, 0.6) is 0 Å². The van der Waals surface area contributed by atoms with Gasteiger partial charge >= 0.3 is 0 Å². The molecule has 1 saturated heterocycles. The van der Waals surface area contributed by atoms with Gasteiger partial charge in [-0.2, -0.15) is 0 Å². The van der Waals surface area contributed by atoms with Crippen molar-refractivity contribution in [2.45, 2.75) is 31.0 Å². The molecule has 0 amide bonds. The minimum Gasteiger partial charge on any atom is -0.394 e. The lowest BCUT2D eigenvalue weighted by Crippen LogP contribution is -2.47. The summed E-state index contributed by atoms with van der Waals surface area (Å²) in [6, 6.07) is 0. The second-order valence-corrected chi connectivity index (χ2v) is 5.19. The van der Waals surface area contributed by atoms with Crippen LogP contribution in [-0.4, -0.2) is 61.3 Å². The van der Waals surface area contributed by atoms with Gasteiger partial charge in [-0.3, -0.25) is 4.57 Å². The highest BCUT2D eigenvalue weighted by Crippen LogP contribution is 2.32. The number of terminal acetylenes is 1. The van der Waals surface area contributed by atoms with Crippen molar-refractivity contribution in [2.75, 3.05) is 18.9 Å². The number of aromatic nitrogens is 4. The van der Waals surface area contributed by atoms with Crippen LogP contribution in [0.25, 0.3) is 11.2 Å². The maximum Gasteiger partial charge on any atom is 0.167 e. The molecule has 0 bridgehead atoms. The molecule has 0 aliphatic carbocycles. The third kappa shape index (κ3) is 2.85. The zero-order valence-corrected chi connectivity index (χ0v) is 12.2. The highest BCUT2D eigenvalue weighted by Gasteiger charge is 2.39. The first-order valence-corrected chi connectivity index (χ1v) is 7.08. The Hall–Kier alpha value is -2.25. The first-order chi connectivity index (χ1) is 11.2. The van der Waals surface area contributed by atoms with Crippen molar-refractivity contribution in [3.8, 4) is 12.3 Å². The number of rotatable bonds is 4. The largest absolute Gasteiger partial charge is 0.394 e. The minimum absolute atomic E-state index is 0.0742. The fourth-order valence-corrected chi connectivity index (χ4v) is 2.63. The van der Waals surface area contributed by atoms with Gasteiger partial charge in [-0.1, -0.05) is 5.92 Å². The lowest BCUT2D eigenvalue weighted by atomic mass is 10.0. The molecule has 23 heavy (non-hydrogen) atoms. The second kappa shape index (κ2) is 6.47. The Morgan fingerprint density at radius 2 is 2.30 bits per heavy atom. The van der Waals surface area contributed by atoms with Gasteiger partial charge in [-0.05, 0) is 0 Å². The highest BCUT2D eigenvalue weighted by molar-refractivity contribution is 5.81. The van der Waals surface area contributed by atoms with Crippen LogP contribution in [0.3, 0.4) is 0 Å². The van der Waals surface area contributed by atoms with Crippen LogP contribution in [0, 0.1) is 12.3 Å². The molecule has 0 aromatic carbocycles. The highest BCUT2D eigenvalue weighted by atomic mass is 16.6. The number of ether oxygens (including phenoxy) is 2. The van der Waals surface area contributed by atoms with Crippen LogP contribution in [-0.2, 0) is 9.47 Å². The number of anilines is 1. The normalized spacial score (nSPS) is 27.9. The third-order valence-electron chi connectivity index (χ3n) is 3.76. The maximum absolute atomic E-state index is 10.0. The predicted octanol–water partition coefficient (Wildman–Crippen LogP) is -0.932. The van der Waals surface area contributed by atoms with E-state index < -0.39 is 24.5 Å². The van der Waals surface area contributed by atoms with Crippen LogP contribution in [0.2, 0.25) is 0 Å². The van der Waals surface area contributed by atoms with Gasteiger partial charge in [0, 0.05) is 6.42 Å². The lowest BCUT2D eigenvalue weighted by molar-refractivity contribution is -0.215. The zero-order valence-electron chi connectivity index (χ0n) is 12.2. The van der Waals surface area contributed by atoms with Gasteiger partial charge in [-0.15, -0.1) is 6.42 Å². The van der Waals surface area contributed by atoms with E-state index >= 15 is 0 Å². The van der Waals surface area contributed by atoms with Crippen molar-refractivity contribution in [2.24, 2.45) is 0 Å². The van der Waals surface area contributed by atoms with E-state index in [2.05, 4.69) is 20.9 Å². The Kier molecular flexibility index (Phi) is 4.40. The summed E-state index contributed by atoms with van der Waals surface area (Å²) in [7, 11) is 0. The van der Waals surface area contributed by atoms with Crippen molar-refractivity contribution in [1.29, 1.82) is 0 Å². The van der Waals surface area contributed by atoms with Crippen molar-refractivity contribution in [1.82, 2.24) is 19.5 Å². The summed E-state index contributed by atoms with van der Waals surface area (Å²) in [4.78, 5) is 12.3. The summed E-state index contributed by atoms with van der Waals surface area (Å²) in [6.07, 6.45) is 5.58. The lowest BCUT2D eigenvalue weighted by Gasteiger charge is -2.38. The predicted molar refractivity (Wildman–Crippen MR) is 79.9 cm³/mol. The number of aliphatic hydroxyl groups excluding tert-OH is 2. The van der Waals surface area contributed by atoms with E-state index in [-0.39, 0.29) is 25.5 Å². The van der Waals surface area contributed by atoms with Crippen molar-refractivity contribution >= 4 is 17.0 Å². The standard InChI is InChI=1S/C14H17N5O4/c1-2-3-22-9-4-8(21)10(5-20)23-14(9)19-7-18-11-12(15)16-6-17-13(11)19/h1,6-10,14,20-21H,3-5H2,(H2,15,16,17)/t8?,9-,10+,14+/m0/s1. The molecular weight excluding hydrogens is 302 g/mol. The molecule has 1 aliphatic heterocycles. The number of aliphatic hydroxyl groups is 2. The number of hydrogen-bond donors (Lipinski definition) is 3. The molecular formula is C14H17N5O4. The van der Waals surface area contributed by atoms with E-state index in [4.69, 9.17) is 21.6 Å². The zero-order chi connectivity index (χ0) is 16.4. The first-order valence-electron chi connectivity index (χ1n) is 7.08. The topological polar surface area (TPSA) is 129 Å². The van der Waals surface area contributed by atoms with Crippen molar-refractivity contribution in [3.05, 3.63) is 12.7 Å². The molecule has 2 aromatic rings. The van der Waals surface area contributed by atoms with Gasteiger partial charge in [0.1, 0.15) is 30.7 Å². The van der Waals surface area contributed by atoms with Gasteiger partial charge in [0.05, 0.1) is 19.0 Å². The van der Waals surface area contributed by atoms with Crippen LogP contribution in [0.4, 0.5) is 5.82 Å². The fourth-order valence-electron chi connectivity index (χ4n) is 2.63. The molecule has 1 unspecified atom stereocenters. The second-order valence-electron chi connectivity index (χ2n) is 5.19. The molecule has 3 rings (SSSR count). The van der Waals surface area contributed by atoms with E-state index in [0.29, 0.717) is 11.2 Å². The monoisotopic (exact) mass is 319 g/mol. The molecule has 3 heterocycles. The summed E-state index contributed by atoms with van der Waals surface area (Å²) >= 11 is 0. The SMILES string of the molecule is C#CCO[C@H]1CC(O)[C@@H](CO)O[C@H]1n1cnc2c(N)ncnc21. The molecule has 9 heteroatoms. The molecule has 2 aromatic heterocycles. The molecule has 9 nitrogen and oxygen atoms in total. The van der Waals surface area contributed by atoms with Crippen LogP contribution < -0.4 is 5.73 Å². The molecule has 0 radical (unpaired) electrons. The Bertz CT molecular complexity index is 728. The first kappa shape index (κ1) is 15.6. The average molecular weight is 319 g/mol. The van der Waals surface area contributed by atoms with Crippen molar-refractivity contribution < 1.29 is 19.7 Å². The van der Waals surface area contributed by atoms with Gasteiger partial charge in [0.15, 0.2) is 17.7 Å². The van der Waals surface area contributed by atoms with Gasteiger partial charge in [0.2, 0.25) is 0 Å². The summed E-state index contributed by atoms with van der Waals surface area (Å²) < 4.78 is 13.0. The molecule has 1 aliphatic rings. The van der Waals surface area contributed by atoms with Gasteiger partial charge in [0.25, 0.3) is 0 Å². The fraction of sp³-hybridized carbons (Fsp3) is 0.500. The summed E-state index contributed by atoms with van der Waals surface area (Å²) in [5.74, 6) is 2.64. The van der Waals surface area contributed by atoms with Crippen LogP contribution in [0.15, 0.2) is 12.7 Å². The quantitative estimate of drug-likeness (QED) is 0.616. The molecule has 1 fully saturated rings. The van der Waals surface area contributed by atoms with E-state index in [1.807, 2.05) is 0 Å². The van der Waals surface area contributed by atoms with E-state index in [0.717, 1.165) is 0 Å². The summed E-state index contributed by atoms with van der Waals surface area (Å²) in [5.41, 5.74) is 6.70. The Morgan fingerprint density at radius 3 is 3.04 bits per heavy atom. The number of imidazole rings is 1. The maximum atomic E-state index is 10.0. The van der Waals surface area contributed by atoms with E-state index in [9.17, 15) is 10.2 Å². The molecule has 122 valence electrons. The van der Waals surface area contributed by atoms with Gasteiger partial charge < -0.3 is 25.4 Å². The summed E-state index contributed by atoms with van der Waals surface area (Å²) in [6.45, 7) is -0.242. The van der Waals surface area contributed by atoms with Crippen LogP contribution >= 0.6 is 0 Å². The third-order valence-corrected chi connectivity index (χ3v) is 3.76. The number of nitrogens with zero attached hydrogens (tertiary/aromatic N) is 4. The number of nitrogen functional groups attached to an aromatic ring is 1. The molecule has 4 atom stereocenters. The summed E-state index contributed by atoms with van der Waals surface area (Å²) in [5, 5.41) is 19.4. The molecule has 0 spiro atoms.